The standard InChI is InChI=1S/C19H20ClNO2/c1-23-18-8-4-15(5-9-18)16-10-11-21(13-16)19(22)12-14-2-6-17(20)7-3-14/h2-9,16H,10-13H2,1H3/t16-/m1/s1. The van der Waals surface area contributed by atoms with Crippen LogP contribution in [0.25, 0.3) is 0 Å². The summed E-state index contributed by atoms with van der Waals surface area (Å²) in [4.78, 5) is 14.4. The van der Waals surface area contributed by atoms with Crippen molar-refractivity contribution in [2.24, 2.45) is 0 Å². The summed E-state index contributed by atoms with van der Waals surface area (Å²) in [5, 5.41) is 0.696. The number of amides is 1. The number of carbonyl (C=O) groups is 1. The van der Waals surface area contributed by atoms with Crippen LogP contribution in [0, 0.1) is 0 Å². The average Bonchev–Trinajstić information content (AvgIpc) is 3.07. The Morgan fingerprint density at radius 3 is 2.52 bits per heavy atom. The minimum atomic E-state index is 0.184. The highest BCUT2D eigenvalue weighted by atomic mass is 35.5. The first-order valence-corrected chi connectivity index (χ1v) is 8.19. The Balaban J connectivity index is 1.60. The molecule has 1 heterocycles. The van der Waals surface area contributed by atoms with Gasteiger partial charge in [-0.2, -0.15) is 0 Å². The zero-order valence-electron chi connectivity index (χ0n) is 13.2. The lowest BCUT2D eigenvalue weighted by Gasteiger charge is -2.17. The van der Waals surface area contributed by atoms with E-state index in [1.807, 2.05) is 41.3 Å². The number of carbonyl (C=O) groups excluding carboxylic acids is 1. The summed E-state index contributed by atoms with van der Waals surface area (Å²) in [5.74, 6) is 1.46. The third kappa shape index (κ3) is 3.85. The number of halogens is 1. The maximum Gasteiger partial charge on any atom is 0.227 e. The van der Waals surface area contributed by atoms with Crippen molar-refractivity contribution in [1.82, 2.24) is 4.90 Å². The Labute approximate surface area is 141 Å². The molecule has 0 spiro atoms. The Morgan fingerprint density at radius 2 is 1.87 bits per heavy atom. The lowest BCUT2D eigenvalue weighted by molar-refractivity contribution is -0.129. The molecule has 3 nitrogen and oxygen atoms in total. The Hall–Kier alpha value is -2.00. The molecule has 0 saturated carbocycles. The van der Waals surface area contributed by atoms with Gasteiger partial charge in [0.05, 0.1) is 13.5 Å². The average molecular weight is 330 g/mol. The predicted molar refractivity (Wildman–Crippen MR) is 92.1 cm³/mol. The molecule has 2 aromatic rings. The number of methoxy groups -OCH3 is 1. The fourth-order valence-electron chi connectivity index (χ4n) is 3.02. The van der Waals surface area contributed by atoms with E-state index in [0.717, 1.165) is 30.8 Å². The van der Waals surface area contributed by atoms with E-state index >= 15 is 0 Å². The fourth-order valence-corrected chi connectivity index (χ4v) is 3.15. The van der Waals surface area contributed by atoms with Gasteiger partial charge in [0.25, 0.3) is 0 Å². The number of benzene rings is 2. The van der Waals surface area contributed by atoms with Gasteiger partial charge < -0.3 is 9.64 Å². The van der Waals surface area contributed by atoms with Crippen LogP contribution in [0.15, 0.2) is 48.5 Å². The maximum atomic E-state index is 12.4. The molecule has 0 N–H and O–H groups in total. The second-order valence-electron chi connectivity index (χ2n) is 5.90. The lowest BCUT2D eigenvalue weighted by atomic mass is 9.98. The smallest absolute Gasteiger partial charge is 0.227 e. The molecule has 0 bridgehead atoms. The molecule has 3 rings (SSSR count). The van der Waals surface area contributed by atoms with E-state index in [-0.39, 0.29) is 5.91 Å². The quantitative estimate of drug-likeness (QED) is 0.851. The van der Waals surface area contributed by atoms with Gasteiger partial charge in [0, 0.05) is 24.0 Å². The molecule has 1 atom stereocenters. The summed E-state index contributed by atoms with van der Waals surface area (Å²) < 4.78 is 5.19. The van der Waals surface area contributed by atoms with E-state index in [2.05, 4.69) is 12.1 Å². The van der Waals surface area contributed by atoms with Crippen molar-refractivity contribution < 1.29 is 9.53 Å². The molecule has 1 aliphatic rings. The normalized spacial score (nSPS) is 17.3. The van der Waals surface area contributed by atoms with Crippen LogP contribution in [-0.2, 0) is 11.2 Å². The van der Waals surface area contributed by atoms with Crippen LogP contribution in [0.4, 0.5) is 0 Å². The highest BCUT2D eigenvalue weighted by Crippen LogP contribution is 2.28. The fraction of sp³-hybridized carbons (Fsp3) is 0.316. The van der Waals surface area contributed by atoms with E-state index in [9.17, 15) is 4.79 Å². The van der Waals surface area contributed by atoms with Crippen LogP contribution in [0.3, 0.4) is 0 Å². The van der Waals surface area contributed by atoms with E-state index in [0.29, 0.717) is 17.4 Å². The molecule has 2 aromatic carbocycles. The van der Waals surface area contributed by atoms with Crippen molar-refractivity contribution in [3.8, 4) is 5.75 Å². The SMILES string of the molecule is COc1ccc([C@@H]2CCN(C(=O)Cc3ccc(Cl)cc3)C2)cc1. The van der Waals surface area contributed by atoms with E-state index < -0.39 is 0 Å². The van der Waals surface area contributed by atoms with Crippen molar-refractivity contribution in [2.45, 2.75) is 18.8 Å². The van der Waals surface area contributed by atoms with Crippen molar-refractivity contribution >= 4 is 17.5 Å². The van der Waals surface area contributed by atoms with Gasteiger partial charge in [-0.05, 0) is 41.8 Å². The monoisotopic (exact) mass is 329 g/mol. The van der Waals surface area contributed by atoms with Gasteiger partial charge in [-0.3, -0.25) is 4.79 Å². The summed E-state index contributed by atoms with van der Waals surface area (Å²) in [5.41, 5.74) is 2.28. The molecule has 0 aromatic heterocycles. The van der Waals surface area contributed by atoms with Crippen LogP contribution in [-0.4, -0.2) is 31.0 Å². The molecule has 0 unspecified atom stereocenters. The Morgan fingerprint density at radius 1 is 1.17 bits per heavy atom. The first-order valence-electron chi connectivity index (χ1n) is 7.82. The van der Waals surface area contributed by atoms with Gasteiger partial charge in [0.1, 0.15) is 5.75 Å². The Bertz CT molecular complexity index is 667. The highest BCUT2D eigenvalue weighted by Gasteiger charge is 2.27. The third-order valence-corrected chi connectivity index (χ3v) is 4.65. The Kier molecular flexibility index (Phi) is 4.87. The highest BCUT2D eigenvalue weighted by molar-refractivity contribution is 6.30. The van der Waals surface area contributed by atoms with Gasteiger partial charge >= 0.3 is 0 Å². The van der Waals surface area contributed by atoms with E-state index in [1.54, 1.807) is 7.11 Å². The predicted octanol–water partition coefficient (Wildman–Crippen LogP) is 3.91. The summed E-state index contributed by atoms with van der Waals surface area (Å²) in [6, 6.07) is 15.6. The molecule has 1 fully saturated rings. The zero-order valence-corrected chi connectivity index (χ0v) is 13.9. The number of rotatable bonds is 4. The number of hydrogen-bond acceptors (Lipinski definition) is 2. The number of ether oxygens (including phenoxy) is 1. The first kappa shape index (κ1) is 15.9. The van der Waals surface area contributed by atoms with E-state index in [4.69, 9.17) is 16.3 Å². The topological polar surface area (TPSA) is 29.5 Å². The van der Waals surface area contributed by atoms with Gasteiger partial charge in [0.2, 0.25) is 5.91 Å². The molecule has 1 amide bonds. The number of nitrogens with zero attached hydrogens (tertiary/aromatic N) is 1. The first-order chi connectivity index (χ1) is 11.2. The summed E-state index contributed by atoms with van der Waals surface area (Å²) in [6.45, 7) is 1.61. The number of hydrogen-bond donors (Lipinski definition) is 0. The lowest BCUT2D eigenvalue weighted by Crippen LogP contribution is -2.29. The van der Waals surface area contributed by atoms with Crippen molar-refractivity contribution in [1.29, 1.82) is 0 Å². The zero-order chi connectivity index (χ0) is 16.2. The van der Waals surface area contributed by atoms with Crippen molar-refractivity contribution in [3.63, 3.8) is 0 Å². The van der Waals surface area contributed by atoms with Crippen LogP contribution in [0.5, 0.6) is 5.75 Å². The van der Waals surface area contributed by atoms with Crippen LogP contribution in [0.1, 0.15) is 23.5 Å². The summed E-state index contributed by atoms with van der Waals surface area (Å²) >= 11 is 5.88. The minimum Gasteiger partial charge on any atom is -0.497 e. The maximum absolute atomic E-state index is 12.4. The third-order valence-electron chi connectivity index (χ3n) is 4.40. The summed E-state index contributed by atoms with van der Waals surface area (Å²) in [7, 11) is 1.67. The number of likely N-dealkylation sites (tertiary alicyclic amines) is 1. The minimum absolute atomic E-state index is 0.184. The van der Waals surface area contributed by atoms with Crippen molar-refractivity contribution in [3.05, 3.63) is 64.7 Å². The molecule has 1 saturated heterocycles. The largest absolute Gasteiger partial charge is 0.497 e. The van der Waals surface area contributed by atoms with Gasteiger partial charge in [-0.1, -0.05) is 35.9 Å². The molecule has 1 aliphatic heterocycles. The van der Waals surface area contributed by atoms with Gasteiger partial charge in [-0.25, -0.2) is 0 Å². The second-order valence-corrected chi connectivity index (χ2v) is 6.34. The molecule has 23 heavy (non-hydrogen) atoms. The molecular formula is C19H20ClNO2. The summed E-state index contributed by atoms with van der Waals surface area (Å²) in [6.07, 6.45) is 1.45. The molecule has 0 radical (unpaired) electrons. The van der Waals surface area contributed by atoms with Gasteiger partial charge in [0.15, 0.2) is 0 Å². The van der Waals surface area contributed by atoms with Crippen molar-refractivity contribution in [2.75, 3.05) is 20.2 Å². The van der Waals surface area contributed by atoms with Crippen LogP contribution < -0.4 is 4.74 Å². The molecule has 4 heteroatoms. The second kappa shape index (κ2) is 7.05. The molecule has 120 valence electrons. The van der Waals surface area contributed by atoms with Crippen LogP contribution in [0.2, 0.25) is 5.02 Å². The molecular weight excluding hydrogens is 310 g/mol. The van der Waals surface area contributed by atoms with Gasteiger partial charge in [-0.15, -0.1) is 0 Å². The molecule has 0 aliphatic carbocycles. The van der Waals surface area contributed by atoms with Crippen LogP contribution >= 0.6 is 11.6 Å². The van der Waals surface area contributed by atoms with E-state index in [1.165, 1.54) is 5.56 Å².